The van der Waals surface area contributed by atoms with Crippen LogP contribution < -0.4 is 9.47 Å². The van der Waals surface area contributed by atoms with Gasteiger partial charge >= 0.3 is 0 Å². The molecule has 0 aromatic heterocycles. The molecule has 1 aliphatic heterocycles. The van der Waals surface area contributed by atoms with Gasteiger partial charge in [-0.3, -0.25) is 0 Å². The summed E-state index contributed by atoms with van der Waals surface area (Å²) in [4.78, 5) is 2.52. The summed E-state index contributed by atoms with van der Waals surface area (Å²) in [6.07, 6.45) is 4.41. The van der Waals surface area contributed by atoms with Crippen LogP contribution in [0, 0.1) is 11.7 Å². The smallest absolute Gasteiger partial charge is 0.163 e. The number of piperidine rings is 1. The molecule has 2 aromatic rings. The van der Waals surface area contributed by atoms with Crippen molar-refractivity contribution < 1.29 is 13.9 Å². The molecule has 0 atom stereocenters. The van der Waals surface area contributed by atoms with Gasteiger partial charge in [0.15, 0.2) is 11.5 Å². The molecule has 26 heavy (non-hydrogen) atoms. The number of benzene rings is 2. The van der Waals surface area contributed by atoms with Gasteiger partial charge in [-0.2, -0.15) is 0 Å². The van der Waals surface area contributed by atoms with Gasteiger partial charge in [-0.25, -0.2) is 4.39 Å². The van der Waals surface area contributed by atoms with Gasteiger partial charge in [0, 0.05) is 6.54 Å². The second-order valence-electron chi connectivity index (χ2n) is 7.02. The molecule has 0 amide bonds. The molecule has 2 aromatic carbocycles. The largest absolute Gasteiger partial charge is 0.493 e. The van der Waals surface area contributed by atoms with Crippen LogP contribution in [0.2, 0.25) is 0 Å². The monoisotopic (exact) mass is 357 g/mol. The Balaban J connectivity index is 1.49. The normalized spacial score (nSPS) is 15.8. The summed E-state index contributed by atoms with van der Waals surface area (Å²) in [5.74, 6) is 2.19. The molecule has 0 spiro atoms. The molecular formula is C22H28FNO2. The molecule has 0 saturated carbocycles. The lowest BCUT2D eigenvalue weighted by Gasteiger charge is -2.32. The van der Waals surface area contributed by atoms with Gasteiger partial charge in [0.25, 0.3) is 0 Å². The van der Waals surface area contributed by atoms with E-state index in [1.165, 1.54) is 24.0 Å². The van der Waals surface area contributed by atoms with Crippen molar-refractivity contribution in [2.45, 2.75) is 25.7 Å². The topological polar surface area (TPSA) is 21.7 Å². The predicted molar refractivity (Wildman–Crippen MR) is 103 cm³/mol. The van der Waals surface area contributed by atoms with Crippen molar-refractivity contribution in [3.63, 3.8) is 0 Å². The van der Waals surface area contributed by atoms with Gasteiger partial charge < -0.3 is 14.4 Å². The molecular weight excluding hydrogens is 329 g/mol. The zero-order valence-corrected chi connectivity index (χ0v) is 15.7. The van der Waals surface area contributed by atoms with Crippen LogP contribution in [-0.2, 0) is 12.8 Å². The average molecular weight is 357 g/mol. The lowest BCUT2D eigenvalue weighted by molar-refractivity contribution is 0.185. The number of halogens is 1. The molecule has 1 aliphatic rings. The van der Waals surface area contributed by atoms with Gasteiger partial charge in [-0.05, 0) is 74.0 Å². The molecule has 0 aliphatic carbocycles. The molecule has 3 rings (SSSR count). The van der Waals surface area contributed by atoms with Crippen LogP contribution in [0.25, 0.3) is 0 Å². The van der Waals surface area contributed by atoms with E-state index in [4.69, 9.17) is 9.47 Å². The van der Waals surface area contributed by atoms with Gasteiger partial charge in [0.1, 0.15) is 5.82 Å². The summed E-state index contributed by atoms with van der Waals surface area (Å²) in [7, 11) is 3.39. The molecule has 140 valence electrons. The van der Waals surface area contributed by atoms with E-state index < -0.39 is 0 Å². The molecule has 0 bridgehead atoms. The van der Waals surface area contributed by atoms with Crippen LogP contribution in [0.1, 0.15) is 24.0 Å². The van der Waals surface area contributed by atoms with Crippen LogP contribution in [0.5, 0.6) is 11.5 Å². The fourth-order valence-electron chi connectivity index (χ4n) is 3.78. The Hall–Kier alpha value is -2.07. The van der Waals surface area contributed by atoms with Crippen molar-refractivity contribution in [3.8, 4) is 11.5 Å². The van der Waals surface area contributed by atoms with Crippen molar-refractivity contribution >= 4 is 0 Å². The van der Waals surface area contributed by atoms with E-state index in [0.717, 1.165) is 44.0 Å². The first kappa shape index (κ1) is 18.7. The quantitative estimate of drug-likeness (QED) is 0.736. The Bertz CT molecular complexity index is 694. The summed E-state index contributed by atoms with van der Waals surface area (Å²) in [6.45, 7) is 3.29. The van der Waals surface area contributed by atoms with Crippen LogP contribution >= 0.6 is 0 Å². The lowest BCUT2D eigenvalue weighted by Crippen LogP contribution is -2.35. The van der Waals surface area contributed by atoms with E-state index >= 15 is 0 Å². The van der Waals surface area contributed by atoms with Crippen molar-refractivity contribution in [3.05, 3.63) is 59.4 Å². The van der Waals surface area contributed by atoms with Crippen molar-refractivity contribution in [2.24, 2.45) is 5.92 Å². The van der Waals surface area contributed by atoms with E-state index in [0.29, 0.717) is 5.92 Å². The van der Waals surface area contributed by atoms with E-state index in [1.807, 2.05) is 24.3 Å². The maximum atomic E-state index is 13.0. The number of nitrogens with zero attached hydrogens (tertiary/aromatic N) is 1. The summed E-state index contributed by atoms with van der Waals surface area (Å²) < 4.78 is 23.9. The van der Waals surface area contributed by atoms with E-state index in [2.05, 4.69) is 11.0 Å². The third kappa shape index (κ3) is 4.76. The molecule has 1 heterocycles. The summed E-state index contributed by atoms with van der Waals surface area (Å²) in [5.41, 5.74) is 2.44. The summed E-state index contributed by atoms with van der Waals surface area (Å²) in [6, 6.07) is 13.0. The maximum Gasteiger partial charge on any atom is 0.163 e. The summed E-state index contributed by atoms with van der Waals surface area (Å²) in [5, 5.41) is 0. The Labute approximate surface area is 155 Å². The standard InChI is InChI=1S/C22H28FNO2/c1-25-21-5-3-4-19(22(21)26-2)16-18-11-14-24(15-12-18)13-10-17-6-8-20(23)9-7-17/h3-9,18H,10-16H2,1-2H3. The van der Waals surface area contributed by atoms with Crippen molar-refractivity contribution in [2.75, 3.05) is 33.9 Å². The van der Waals surface area contributed by atoms with Crippen LogP contribution in [0.15, 0.2) is 42.5 Å². The molecule has 0 N–H and O–H groups in total. The SMILES string of the molecule is COc1cccc(CC2CCN(CCc3ccc(F)cc3)CC2)c1OC. The third-order valence-electron chi connectivity index (χ3n) is 5.33. The highest BCUT2D eigenvalue weighted by molar-refractivity contribution is 5.46. The average Bonchev–Trinajstić information content (AvgIpc) is 2.68. The number of hydrogen-bond donors (Lipinski definition) is 0. The van der Waals surface area contributed by atoms with Crippen LogP contribution in [-0.4, -0.2) is 38.8 Å². The molecule has 4 heteroatoms. The molecule has 0 unspecified atom stereocenters. The van der Waals surface area contributed by atoms with Crippen molar-refractivity contribution in [1.29, 1.82) is 0 Å². The van der Waals surface area contributed by atoms with E-state index in [-0.39, 0.29) is 5.82 Å². The molecule has 1 fully saturated rings. The first-order chi connectivity index (χ1) is 12.7. The zero-order valence-electron chi connectivity index (χ0n) is 15.7. The second-order valence-corrected chi connectivity index (χ2v) is 7.02. The third-order valence-corrected chi connectivity index (χ3v) is 5.33. The maximum absolute atomic E-state index is 13.0. The molecule has 0 radical (unpaired) electrons. The number of ether oxygens (including phenoxy) is 2. The fourth-order valence-corrected chi connectivity index (χ4v) is 3.78. The number of methoxy groups -OCH3 is 2. The molecule has 1 saturated heterocycles. The Morgan fingerprint density at radius 3 is 2.38 bits per heavy atom. The number of hydrogen-bond acceptors (Lipinski definition) is 3. The Morgan fingerprint density at radius 1 is 1.00 bits per heavy atom. The second kappa shape index (κ2) is 9.04. The van der Waals surface area contributed by atoms with Gasteiger partial charge in [0.05, 0.1) is 14.2 Å². The highest BCUT2D eigenvalue weighted by Gasteiger charge is 2.21. The number of likely N-dealkylation sites (tertiary alicyclic amines) is 1. The fraction of sp³-hybridized carbons (Fsp3) is 0.455. The number of para-hydroxylation sites is 1. The van der Waals surface area contributed by atoms with Crippen molar-refractivity contribution in [1.82, 2.24) is 4.90 Å². The van der Waals surface area contributed by atoms with Crippen LogP contribution in [0.3, 0.4) is 0 Å². The first-order valence-corrected chi connectivity index (χ1v) is 9.36. The lowest BCUT2D eigenvalue weighted by atomic mass is 9.89. The highest BCUT2D eigenvalue weighted by atomic mass is 19.1. The Morgan fingerprint density at radius 2 is 1.73 bits per heavy atom. The minimum atomic E-state index is -0.164. The van der Waals surface area contributed by atoms with Gasteiger partial charge in [0.2, 0.25) is 0 Å². The van der Waals surface area contributed by atoms with Crippen LogP contribution in [0.4, 0.5) is 4.39 Å². The number of rotatable bonds is 7. The minimum absolute atomic E-state index is 0.164. The highest BCUT2D eigenvalue weighted by Crippen LogP contribution is 2.34. The Kier molecular flexibility index (Phi) is 6.51. The molecule has 3 nitrogen and oxygen atoms in total. The van der Waals surface area contributed by atoms with E-state index in [1.54, 1.807) is 26.4 Å². The first-order valence-electron chi connectivity index (χ1n) is 9.36. The summed E-state index contributed by atoms with van der Waals surface area (Å²) >= 11 is 0. The van der Waals surface area contributed by atoms with Gasteiger partial charge in [-0.1, -0.05) is 24.3 Å². The predicted octanol–water partition coefficient (Wildman–Crippen LogP) is 4.34. The zero-order chi connectivity index (χ0) is 18.4. The minimum Gasteiger partial charge on any atom is -0.493 e. The van der Waals surface area contributed by atoms with E-state index in [9.17, 15) is 4.39 Å². The van der Waals surface area contributed by atoms with Gasteiger partial charge in [-0.15, -0.1) is 0 Å².